The minimum Gasteiger partial charge on any atom is -0.480 e. The van der Waals surface area contributed by atoms with Crippen LogP contribution in [-0.4, -0.2) is 28.4 Å². The van der Waals surface area contributed by atoms with Gasteiger partial charge in [-0.1, -0.05) is 0 Å². The molecule has 104 valence electrons. The van der Waals surface area contributed by atoms with Crippen LogP contribution in [0.5, 0.6) is 0 Å². The number of hydrogen-bond acceptors (Lipinski definition) is 3. The molecule has 2 rings (SSSR count). The molecule has 0 radical (unpaired) electrons. The van der Waals surface area contributed by atoms with Gasteiger partial charge in [0.05, 0.1) is 0 Å². The van der Waals surface area contributed by atoms with Crippen molar-refractivity contribution in [3.8, 4) is 0 Å². The predicted octanol–water partition coefficient (Wildman–Crippen LogP) is 2.90. The highest BCUT2D eigenvalue weighted by Crippen LogP contribution is 2.27. The fraction of sp³-hybridized carbons (Fsp3) is 0.500. The standard InChI is InChI=1S/C14H18FNO2S/c1-14(13(17)18,16-11-4-5-11)8-9-19-12-6-2-10(15)3-7-12/h2-3,6-7,11,16H,4-5,8-9H2,1H3,(H,17,18). The number of nitrogens with one attached hydrogen (secondary N) is 1. The van der Waals surface area contributed by atoms with Crippen molar-refractivity contribution >= 4 is 17.7 Å². The van der Waals surface area contributed by atoms with Gasteiger partial charge in [0.25, 0.3) is 0 Å². The lowest BCUT2D eigenvalue weighted by molar-refractivity contribution is -0.144. The van der Waals surface area contributed by atoms with Crippen molar-refractivity contribution in [2.24, 2.45) is 0 Å². The van der Waals surface area contributed by atoms with Crippen LogP contribution < -0.4 is 5.32 Å². The summed E-state index contributed by atoms with van der Waals surface area (Å²) in [7, 11) is 0. The van der Waals surface area contributed by atoms with E-state index in [0.29, 0.717) is 18.2 Å². The molecule has 0 bridgehead atoms. The summed E-state index contributed by atoms with van der Waals surface area (Å²) in [4.78, 5) is 12.3. The molecule has 0 amide bonds. The summed E-state index contributed by atoms with van der Waals surface area (Å²) >= 11 is 1.55. The van der Waals surface area contributed by atoms with Crippen molar-refractivity contribution in [1.82, 2.24) is 5.32 Å². The zero-order valence-corrected chi connectivity index (χ0v) is 11.7. The van der Waals surface area contributed by atoms with Crippen molar-refractivity contribution in [2.45, 2.75) is 42.7 Å². The maximum Gasteiger partial charge on any atom is 0.323 e. The molecule has 0 spiro atoms. The summed E-state index contributed by atoms with van der Waals surface area (Å²) < 4.78 is 12.8. The molecule has 0 saturated heterocycles. The van der Waals surface area contributed by atoms with Crippen molar-refractivity contribution in [2.75, 3.05) is 5.75 Å². The van der Waals surface area contributed by atoms with Crippen LogP contribution >= 0.6 is 11.8 Å². The number of carbonyl (C=O) groups is 1. The van der Waals surface area contributed by atoms with Crippen LogP contribution in [0.4, 0.5) is 4.39 Å². The Labute approximate surface area is 116 Å². The van der Waals surface area contributed by atoms with Crippen molar-refractivity contribution in [1.29, 1.82) is 0 Å². The average Bonchev–Trinajstić information content (AvgIpc) is 3.15. The van der Waals surface area contributed by atoms with Gasteiger partial charge in [-0.3, -0.25) is 10.1 Å². The summed E-state index contributed by atoms with van der Waals surface area (Å²) in [6.45, 7) is 1.73. The van der Waals surface area contributed by atoms with Crippen LogP contribution in [0.2, 0.25) is 0 Å². The van der Waals surface area contributed by atoms with Crippen LogP contribution in [0.25, 0.3) is 0 Å². The van der Waals surface area contributed by atoms with Crippen LogP contribution in [0.3, 0.4) is 0 Å². The topological polar surface area (TPSA) is 49.3 Å². The Morgan fingerprint density at radius 3 is 2.63 bits per heavy atom. The lowest BCUT2D eigenvalue weighted by atomic mass is 9.99. The van der Waals surface area contributed by atoms with Crippen molar-refractivity contribution in [3.05, 3.63) is 30.1 Å². The predicted molar refractivity (Wildman–Crippen MR) is 73.9 cm³/mol. The third kappa shape index (κ3) is 4.21. The van der Waals surface area contributed by atoms with Crippen LogP contribution in [0.15, 0.2) is 29.2 Å². The van der Waals surface area contributed by atoms with E-state index in [2.05, 4.69) is 5.32 Å². The molecule has 19 heavy (non-hydrogen) atoms. The van der Waals surface area contributed by atoms with Gasteiger partial charge in [0.2, 0.25) is 0 Å². The maximum atomic E-state index is 12.8. The van der Waals surface area contributed by atoms with Crippen molar-refractivity contribution in [3.63, 3.8) is 0 Å². The molecule has 1 aromatic rings. The summed E-state index contributed by atoms with van der Waals surface area (Å²) in [5, 5.41) is 12.5. The van der Waals surface area contributed by atoms with E-state index in [0.717, 1.165) is 17.7 Å². The molecule has 1 saturated carbocycles. The van der Waals surface area contributed by atoms with Gasteiger partial charge in [-0.15, -0.1) is 11.8 Å². The number of halogens is 1. The first-order valence-corrected chi connectivity index (χ1v) is 7.38. The number of aliphatic carboxylic acids is 1. The zero-order chi connectivity index (χ0) is 13.9. The molecule has 1 aliphatic carbocycles. The van der Waals surface area contributed by atoms with Crippen LogP contribution in [-0.2, 0) is 4.79 Å². The Morgan fingerprint density at radius 1 is 1.47 bits per heavy atom. The highest BCUT2D eigenvalue weighted by Gasteiger charge is 2.37. The fourth-order valence-electron chi connectivity index (χ4n) is 1.82. The summed E-state index contributed by atoms with van der Waals surface area (Å²) in [6.07, 6.45) is 2.67. The van der Waals surface area contributed by atoms with E-state index in [1.807, 2.05) is 0 Å². The molecule has 1 fully saturated rings. The second-order valence-electron chi connectivity index (χ2n) is 5.11. The van der Waals surface area contributed by atoms with Crippen molar-refractivity contribution < 1.29 is 14.3 Å². The lowest BCUT2D eigenvalue weighted by Gasteiger charge is -2.26. The minimum atomic E-state index is -0.867. The Kier molecular flexibility index (Phi) is 4.47. The molecular formula is C14H18FNO2S. The number of rotatable bonds is 7. The number of thioether (sulfide) groups is 1. The molecule has 0 aliphatic heterocycles. The monoisotopic (exact) mass is 283 g/mol. The molecule has 5 heteroatoms. The van der Waals surface area contributed by atoms with E-state index >= 15 is 0 Å². The van der Waals surface area contributed by atoms with Gasteiger partial charge >= 0.3 is 5.97 Å². The van der Waals surface area contributed by atoms with E-state index in [1.54, 1.807) is 30.8 Å². The molecule has 1 aliphatic rings. The molecular weight excluding hydrogens is 265 g/mol. The summed E-state index contributed by atoms with van der Waals surface area (Å²) in [6, 6.07) is 6.62. The quantitative estimate of drug-likeness (QED) is 0.755. The van der Waals surface area contributed by atoms with E-state index in [-0.39, 0.29) is 5.82 Å². The normalized spacial score (nSPS) is 18.0. The Morgan fingerprint density at radius 2 is 2.11 bits per heavy atom. The molecule has 0 aromatic heterocycles. The Bertz CT molecular complexity index is 447. The van der Waals surface area contributed by atoms with Gasteiger partial charge in [-0.25, -0.2) is 4.39 Å². The highest BCUT2D eigenvalue weighted by molar-refractivity contribution is 7.99. The minimum absolute atomic E-state index is 0.255. The van der Waals surface area contributed by atoms with Gasteiger partial charge in [0.1, 0.15) is 11.4 Å². The van der Waals surface area contributed by atoms with E-state index in [9.17, 15) is 14.3 Å². The summed E-state index contributed by atoms with van der Waals surface area (Å²) in [5.74, 6) is -0.372. The number of carboxylic acid groups (broad SMARTS) is 1. The van der Waals surface area contributed by atoms with Gasteiger partial charge in [-0.05, 0) is 50.5 Å². The molecule has 1 atom stereocenters. The average molecular weight is 283 g/mol. The van der Waals surface area contributed by atoms with Gasteiger partial charge in [-0.2, -0.15) is 0 Å². The first kappa shape index (κ1) is 14.3. The number of carboxylic acids is 1. The van der Waals surface area contributed by atoms with Gasteiger partial charge in [0.15, 0.2) is 0 Å². The van der Waals surface area contributed by atoms with Crippen LogP contribution in [0.1, 0.15) is 26.2 Å². The largest absolute Gasteiger partial charge is 0.480 e. The first-order chi connectivity index (χ1) is 8.99. The molecule has 2 N–H and O–H groups in total. The second kappa shape index (κ2) is 5.92. The van der Waals surface area contributed by atoms with Gasteiger partial charge in [0, 0.05) is 16.7 Å². The van der Waals surface area contributed by atoms with Gasteiger partial charge < -0.3 is 5.11 Å². The molecule has 0 heterocycles. The van der Waals surface area contributed by atoms with E-state index in [1.165, 1.54) is 12.1 Å². The molecule has 1 unspecified atom stereocenters. The summed E-state index contributed by atoms with van der Waals surface area (Å²) in [5.41, 5.74) is -0.867. The smallest absolute Gasteiger partial charge is 0.323 e. The Hall–Kier alpha value is -1.07. The highest BCUT2D eigenvalue weighted by atomic mass is 32.2. The first-order valence-electron chi connectivity index (χ1n) is 6.39. The number of hydrogen-bond donors (Lipinski definition) is 2. The molecule has 3 nitrogen and oxygen atoms in total. The van der Waals surface area contributed by atoms with E-state index < -0.39 is 11.5 Å². The lowest BCUT2D eigenvalue weighted by Crippen LogP contribution is -2.50. The van der Waals surface area contributed by atoms with E-state index in [4.69, 9.17) is 0 Å². The fourth-order valence-corrected chi connectivity index (χ4v) is 2.90. The number of benzene rings is 1. The third-order valence-electron chi connectivity index (χ3n) is 3.26. The SMILES string of the molecule is CC(CCSc1ccc(F)cc1)(NC1CC1)C(=O)O. The second-order valence-corrected chi connectivity index (χ2v) is 6.28. The third-order valence-corrected chi connectivity index (χ3v) is 4.27. The maximum absolute atomic E-state index is 12.8. The Balaban J connectivity index is 1.84. The zero-order valence-electron chi connectivity index (χ0n) is 10.9. The molecule has 1 aromatic carbocycles. The van der Waals surface area contributed by atoms with Crippen LogP contribution in [0, 0.1) is 5.82 Å².